The SMILES string of the molecule is CC(C)C[C@H]1[C@H](C)C(=O)OCN1C(=O)OC(C)(C)C. The van der Waals surface area contributed by atoms with Crippen LogP contribution in [-0.4, -0.2) is 35.3 Å². The molecule has 0 aromatic heterocycles. The van der Waals surface area contributed by atoms with Gasteiger partial charge in [0.15, 0.2) is 6.73 Å². The van der Waals surface area contributed by atoms with E-state index in [0.717, 1.165) is 6.42 Å². The van der Waals surface area contributed by atoms with Crippen LogP contribution in [0.2, 0.25) is 0 Å². The number of hydrogen-bond donors (Lipinski definition) is 0. The van der Waals surface area contributed by atoms with E-state index in [2.05, 4.69) is 13.8 Å². The van der Waals surface area contributed by atoms with Crippen molar-refractivity contribution in [2.24, 2.45) is 11.8 Å². The molecule has 0 aliphatic carbocycles. The molecule has 0 saturated carbocycles. The summed E-state index contributed by atoms with van der Waals surface area (Å²) in [6.45, 7) is 11.4. The number of rotatable bonds is 2. The van der Waals surface area contributed by atoms with Crippen LogP contribution in [0.4, 0.5) is 4.79 Å². The first-order valence-corrected chi connectivity index (χ1v) is 6.78. The third kappa shape index (κ3) is 4.40. The summed E-state index contributed by atoms with van der Waals surface area (Å²) >= 11 is 0. The van der Waals surface area contributed by atoms with Gasteiger partial charge in [-0.3, -0.25) is 9.69 Å². The van der Waals surface area contributed by atoms with Crippen LogP contribution in [0.15, 0.2) is 0 Å². The summed E-state index contributed by atoms with van der Waals surface area (Å²) in [7, 11) is 0. The van der Waals surface area contributed by atoms with Crippen molar-refractivity contribution in [1.29, 1.82) is 0 Å². The molecule has 1 aliphatic heterocycles. The van der Waals surface area contributed by atoms with Gasteiger partial charge in [0.2, 0.25) is 0 Å². The molecular formula is C14H25NO4. The molecule has 0 aromatic carbocycles. The maximum absolute atomic E-state index is 12.2. The van der Waals surface area contributed by atoms with Gasteiger partial charge in [0.05, 0.1) is 12.0 Å². The van der Waals surface area contributed by atoms with E-state index in [-0.39, 0.29) is 24.7 Å². The minimum absolute atomic E-state index is 0.0184. The first-order chi connectivity index (χ1) is 8.61. The Bertz CT molecular complexity index is 346. The van der Waals surface area contributed by atoms with Crippen LogP contribution < -0.4 is 0 Å². The average Bonchev–Trinajstić information content (AvgIpc) is 2.21. The van der Waals surface area contributed by atoms with E-state index in [1.807, 2.05) is 20.8 Å². The van der Waals surface area contributed by atoms with Crippen LogP contribution >= 0.6 is 0 Å². The van der Waals surface area contributed by atoms with Gasteiger partial charge in [-0.15, -0.1) is 0 Å². The Kier molecular flexibility index (Phi) is 4.82. The number of carbonyl (C=O) groups excluding carboxylic acids is 2. The first kappa shape index (κ1) is 15.8. The molecule has 110 valence electrons. The second-order valence-electron chi connectivity index (χ2n) is 6.53. The van der Waals surface area contributed by atoms with Gasteiger partial charge in [-0.25, -0.2) is 4.79 Å². The molecule has 1 saturated heterocycles. The van der Waals surface area contributed by atoms with Crippen LogP contribution in [0.5, 0.6) is 0 Å². The van der Waals surface area contributed by atoms with Crippen molar-refractivity contribution in [2.45, 2.75) is 59.6 Å². The largest absolute Gasteiger partial charge is 0.444 e. The molecule has 5 nitrogen and oxygen atoms in total. The fraction of sp³-hybridized carbons (Fsp3) is 0.857. The van der Waals surface area contributed by atoms with E-state index < -0.39 is 11.7 Å². The Labute approximate surface area is 115 Å². The molecule has 0 unspecified atom stereocenters. The van der Waals surface area contributed by atoms with Crippen LogP contribution in [0, 0.1) is 11.8 Å². The first-order valence-electron chi connectivity index (χ1n) is 6.78. The van der Waals surface area contributed by atoms with Gasteiger partial charge < -0.3 is 9.47 Å². The molecule has 0 spiro atoms. The van der Waals surface area contributed by atoms with E-state index in [0.29, 0.717) is 5.92 Å². The number of carbonyl (C=O) groups is 2. The standard InChI is InChI=1S/C14H25NO4/c1-9(2)7-11-10(3)12(16)18-8-15(11)13(17)19-14(4,5)6/h9-11H,7-8H2,1-6H3/t10-,11-/m0/s1. The molecule has 0 radical (unpaired) electrons. The highest BCUT2D eigenvalue weighted by Gasteiger charge is 2.40. The lowest BCUT2D eigenvalue weighted by Gasteiger charge is -2.39. The lowest BCUT2D eigenvalue weighted by Crippen LogP contribution is -2.54. The van der Waals surface area contributed by atoms with Gasteiger partial charge in [-0.2, -0.15) is 0 Å². The van der Waals surface area contributed by atoms with E-state index >= 15 is 0 Å². The summed E-state index contributed by atoms with van der Waals surface area (Å²) in [6.07, 6.45) is 0.340. The van der Waals surface area contributed by atoms with Gasteiger partial charge in [0.1, 0.15) is 5.60 Å². The monoisotopic (exact) mass is 271 g/mol. The minimum atomic E-state index is -0.551. The number of cyclic esters (lactones) is 1. The highest BCUT2D eigenvalue weighted by Crippen LogP contribution is 2.26. The lowest BCUT2D eigenvalue weighted by atomic mass is 9.91. The second kappa shape index (κ2) is 5.80. The summed E-state index contributed by atoms with van der Waals surface area (Å²) in [4.78, 5) is 25.3. The molecule has 1 aliphatic rings. The average molecular weight is 271 g/mol. The number of hydrogen-bond acceptors (Lipinski definition) is 4. The number of esters is 1. The summed E-state index contributed by atoms with van der Waals surface area (Å²) in [5, 5.41) is 0. The van der Waals surface area contributed by atoms with Gasteiger partial charge in [-0.05, 0) is 40.0 Å². The lowest BCUT2D eigenvalue weighted by molar-refractivity contribution is -0.166. The molecule has 1 fully saturated rings. The highest BCUT2D eigenvalue weighted by molar-refractivity contribution is 5.77. The number of ether oxygens (including phenoxy) is 2. The van der Waals surface area contributed by atoms with Gasteiger partial charge in [-0.1, -0.05) is 13.8 Å². The predicted molar refractivity (Wildman–Crippen MR) is 71.4 cm³/mol. The fourth-order valence-electron chi connectivity index (χ4n) is 2.11. The van der Waals surface area contributed by atoms with Crippen LogP contribution in [0.25, 0.3) is 0 Å². The van der Waals surface area contributed by atoms with Gasteiger partial charge in [0, 0.05) is 0 Å². The van der Waals surface area contributed by atoms with Crippen molar-refractivity contribution in [3.8, 4) is 0 Å². The number of nitrogens with zero attached hydrogens (tertiary/aromatic N) is 1. The molecule has 1 amide bonds. The third-order valence-electron chi connectivity index (χ3n) is 3.04. The number of amides is 1. The van der Waals surface area contributed by atoms with Crippen molar-refractivity contribution < 1.29 is 19.1 Å². The van der Waals surface area contributed by atoms with Gasteiger partial charge >= 0.3 is 12.1 Å². The van der Waals surface area contributed by atoms with Crippen molar-refractivity contribution in [1.82, 2.24) is 4.90 Å². The zero-order chi connectivity index (χ0) is 14.8. The van der Waals surface area contributed by atoms with Crippen molar-refractivity contribution in [3.05, 3.63) is 0 Å². The Morgan fingerprint density at radius 1 is 1.47 bits per heavy atom. The van der Waals surface area contributed by atoms with Crippen molar-refractivity contribution >= 4 is 12.1 Å². The van der Waals surface area contributed by atoms with Crippen molar-refractivity contribution in [2.75, 3.05) is 6.73 Å². The maximum atomic E-state index is 12.2. The smallest absolute Gasteiger partial charge is 0.413 e. The molecule has 1 heterocycles. The molecule has 19 heavy (non-hydrogen) atoms. The Morgan fingerprint density at radius 3 is 2.53 bits per heavy atom. The topological polar surface area (TPSA) is 55.8 Å². The van der Waals surface area contributed by atoms with E-state index in [4.69, 9.17) is 9.47 Å². The third-order valence-corrected chi connectivity index (χ3v) is 3.04. The Balaban J connectivity index is 2.83. The maximum Gasteiger partial charge on any atom is 0.413 e. The Morgan fingerprint density at radius 2 is 2.05 bits per heavy atom. The molecular weight excluding hydrogens is 246 g/mol. The summed E-state index contributed by atoms with van der Waals surface area (Å²) < 4.78 is 10.4. The minimum Gasteiger partial charge on any atom is -0.444 e. The highest BCUT2D eigenvalue weighted by atomic mass is 16.6. The normalized spacial score (nSPS) is 24.4. The molecule has 5 heteroatoms. The summed E-state index contributed by atoms with van der Waals surface area (Å²) in [5.41, 5.74) is -0.551. The van der Waals surface area contributed by atoms with E-state index in [9.17, 15) is 9.59 Å². The van der Waals surface area contributed by atoms with E-state index in [1.54, 1.807) is 6.92 Å². The molecule has 1 rings (SSSR count). The fourth-order valence-corrected chi connectivity index (χ4v) is 2.11. The zero-order valence-corrected chi connectivity index (χ0v) is 12.7. The molecule has 2 atom stereocenters. The van der Waals surface area contributed by atoms with Crippen LogP contribution in [0.1, 0.15) is 48.0 Å². The summed E-state index contributed by atoms with van der Waals surface area (Å²) in [6, 6.07) is -0.156. The molecule has 0 N–H and O–H groups in total. The van der Waals surface area contributed by atoms with Gasteiger partial charge in [0.25, 0.3) is 0 Å². The zero-order valence-electron chi connectivity index (χ0n) is 12.7. The van der Waals surface area contributed by atoms with Crippen LogP contribution in [-0.2, 0) is 14.3 Å². The second-order valence-corrected chi connectivity index (χ2v) is 6.53. The Hall–Kier alpha value is -1.26. The van der Waals surface area contributed by atoms with Crippen LogP contribution in [0.3, 0.4) is 0 Å². The molecule has 0 aromatic rings. The predicted octanol–water partition coefficient (Wildman–Crippen LogP) is 2.79. The van der Waals surface area contributed by atoms with Crippen molar-refractivity contribution in [3.63, 3.8) is 0 Å². The molecule has 0 bridgehead atoms. The quantitative estimate of drug-likeness (QED) is 0.725. The van der Waals surface area contributed by atoms with E-state index in [1.165, 1.54) is 4.90 Å². The summed E-state index contributed by atoms with van der Waals surface area (Å²) in [5.74, 6) is -0.169.